The van der Waals surface area contributed by atoms with Gasteiger partial charge in [-0.2, -0.15) is 0 Å². The Labute approximate surface area is 356 Å². The first-order chi connectivity index (χ1) is 30.3. The molecule has 8 aromatic carbocycles. The van der Waals surface area contributed by atoms with Gasteiger partial charge in [-0.25, -0.2) is 0 Å². The van der Waals surface area contributed by atoms with Crippen LogP contribution in [0.2, 0.25) is 0 Å². The normalized spacial score (nSPS) is 19.2. The van der Waals surface area contributed by atoms with Crippen molar-refractivity contribution in [1.82, 2.24) is 0 Å². The molecule has 13 rings (SSSR count). The second-order valence-electron chi connectivity index (χ2n) is 17.0. The largest absolute Gasteiger partial charge is 0.485 e. The molecule has 8 aromatic rings. The number of ether oxygens (including phenoxy) is 1. The summed E-state index contributed by atoms with van der Waals surface area (Å²) in [5.41, 5.74) is 19.0. The Kier molecular flexibility index (Phi) is 7.51. The van der Waals surface area contributed by atoms with Crippen LogP contribution in [0.1, 0.15) is 40.2 Å². The van der Waals surface area contributed by atoms with Crippen molar-refractivity contribution >= 4 is 27.7 Å². The third-order valence-electron chi connectivity index (χ3n) is 13.9. The Balaban J connectivity index is 0.992. The standard InChI is InChI=1S/C59H41NO/c1-2-15-40(16-3-1)58-44-17-5-4-14-38(44)28-33-45(58)39-26-29-41(30-27-39)60(42-32-35-57-51(36-42)50-21-9-13-25-56(50)61-57)43-31-34-49-48-20-8-12-24-54(48)59(55(49)37-43)52-22-10-6-18-46(52)47-19-7-11-23-53(47)59/h1-30,32-37,43,50,56H,31H2. The topological polar surface area (TPSA) is 12.5 Å². The molecule has 4 aliphatic carbocycles. The third-order valence-corrected chi connectivity index (χ3v) is 13.9. The first-order valence-electron chi connectivity index (χ1n) is 21.6. The first kappa shape index (κ1) is 34.4. The van der Waals surface area contributed by atoms with E-state index in [0.717, 1.165) is 17.9 Å². The molecule has 0 aromatic heterocycles. The summed E-state index contributed by atoms with van der Waals surface area (Å²) in [4.78, 5) is 2.59. The predicted molar refractivity (Wildman–Crippen MR) is 252 cm³/mol. The van der Waals surface area contributed by atoms with E-state index in [1.807, 2.05) is 0 Å². The highest BCUT2D eigenvalue weighted by Gasteiger charge is 2.54. The van der Waals surface area contributed by atoms with Crippen LogP contribution < -0.4 is 9.64 Å². The van der Waals surface area contributed by atoms with Crippen LogP contribution in [-0.2, 0) is 5.41 Å². The van der Waals surface area contributed by atoms with Gasteiger partial charge in [0, 0.05) is 22.9 Å². The second kappa shape index (κ2) is 13.3. The van der Waals surface area contributed by atoms with Gasteiger partial charge in [0.25, 0.3) is 0 Å². The van der Waals surface area contributed by atoms with Crippen molar-refractivity contribution < 1.29 is 4.74 Å². The molecule has 0 amide bonds. The fourth-order valence-electron chi connectivity index (χ4n) is 11.4. The Hall–Kier alpha value is -7.42. The molecule has 1 heterocycles. The minimum atomic E-state index is -0.397. The molecule has 2 nitrogen and oxygen atoms in total. The highest BCUT2D eigenvalue weighted by atomic mass is 16.5. The van der Waals surface area contributed by atoms with Crippen LogP contribution in [0.3, 0.4) is 0 Å². The van der Waals surface area contributed by atoms with Crippen LogP contribution >= 0.6 is 0 Å². The summed E-state index contributed by atoms with van der Waals surface area (Å²) in [6.45, 7) is 0. The number of hydrogen-bond donors (Lipinski definition) is 0. The molecule has 61 heavy (non-hydrogen) atoms. The van der Waals surface area contributed by atoms with E-state index in [0.29, 0.717) is 0 Å². The van der Waals surface area contributed by atoms with E-state index < -0.39 is 5.41 Å². The minimum absolute atomic E-state index is 0.0328. The van der Waals surface area contributed by atoms with Crippen LogP contribution in [0, 0.1) is 0 Å². The Morgan fingerprint density at radius 3 is 1.97 bits per heavy atom. The lowest BCUT2D eigenvalue weighted by atomic mass is 9.69. The number of rotatable bonds is 5. The van der Waals surface area contributed by atoms with Crippen molar-refractivity contribution in [3.63, 3.8) is 0 Å². The van der Waals surface area contributed by atoms with Crippen LogP contribution in [0.15, 0.2) is 224 Å². The van der Waals surface area contributed by atoms with Crippen molar-refractivity contribution in [3.8, 4) is 39.1 Å². The molecule has 1 aliphatic heterocycles. The number of anilines is 2. The maximum atomic E-state index is 6.48. The number of fused-ring (bicyclic) bond motifs is 14. The molecule has 0 saturated carbocycles. The molecule has 0 saturated heterocycles. The number of nitrogens with zero attached hydrogens (tertiary/aromatic N) is 1. The lowest BCUT2D eigenvalue weighted by Gasteiger charge is -2.37. The molecule has 5 aliphatic rings. The van der Waals surface area contributed by atoms with Gasteiger partial charge in [-0.15, -0.1) is 0 Å². The summed E-state index contributed by atoms with van der Waals surface area (Å²) in [5, 5.41) is 2.51. The smallest absolute Gasteiger partial charge is 0.128 e. The molecule has 3 unspecified atom stereocenters. The zero-order chi connectivity index (χ0) is 40.1. The first-order valence-corrected chi connectivity index (χ1v) is 21.6. The zero-order valence-corrected chi connectivity index (χ0v) is 33.6. The van der Waals surface area contributed by atoms with Crippen LogP contribution in [-0.4, -0.2) is 12.1 Å². The summed E-state index contributed by atoms with van der Waals surface area (Å²) in [7, 11) is 0. The van der Waals surface area contributed by atoms with Gasteiger partial charge in [-0.05, 0) is 120 Å². The maximum absolute atomic E-state index is 6.48. The fourth-order valence-corrected chi connectivity index (χ4v) is 11.4. The van der Waals surface area contributed by atoms with E-state index in [4.69, 9.17) is 4.74 Å². The maximum Gasteiger partial charge on any atom is 0.128 e. The van der Waals surface area contributed by atoms with Gasteiger partial charge < -0.3 is 9.64 Å². The van der Waals surface area contributed by atoms with Crippen LogP contribution in [0.5, 0.6) is 5.75 Å². The second-order valence-corrected chi connectivity index (χ2v) is 17.0. The van der Waals surface area contributed by atoms with Gasteiger partial charge in [0.2, 0.25) is 0 Å². The van der Waals surface area contributed by atoms with E-state index in [1.54, 1.807) is 0 Å². The van der Waals surface area contributed by atoms with Crippen LogP contribution in [0.4, 0.5) is 11.4 Å². The van der Waals surface area contributed by atoms with Gasteiger partial charge in [-0.1, -0.05) is 182 Å². The summed E-state index contributed by atoms with van der Waals surface area (Å²) < 4.78 is 6.48. The number of allylic oxidation sites excluding steroid dienone is 4. The van der Waals surface area contributed by atoms with Crippen LogP contribution in [0.25, 0.3) is 49.7 Å². The molecule has 1 spiro atoms. The summed E-state index contributed by atoms with van der Waals surface area (Å²) in [6.07, 6.45) is 14.8. The SMILES string of the molecule is C1=CC2Oc3ccc(N(c4ccc(-c5ccc6ccccc6c5-c5ccccc5)cc4)C4C=C5C(=CC4)c4ccccc4C54c5ccccc5-c5ccccc54)cc3C2C=C1. The quantitative estimate of drug-likeness (QED) is 0.172. The van der Waals surface area contributed by atoms with Crippen molar-refractivity contribution in [2.45, 2.75) is 29.9 Å². The molecular weight excluding hydrogens is 739 g/mol. The molecule has 0 bridgehead atoms. The highest BCUT2D eigenvalue weighted by molar-refractivity contribution is 6.04. The lowest BCUT2D eigenvalue weighted by Crippen LogP contribution is -2.34. The Bertz CT molecular complexity index is 3170. The number of hydrogen-bond acceptors (Lipinski definition) is 2. The van der Waals surface area contributed by atoms with Gasteiger partial charge in [0.15, 0.2) is 0 Å². The molecule has 0 fully saturated rings. The average Bonchev–Trinajstić information content (AvgIpc) is 3.96. The van der Waals surface area contributed by atoms with Crippen molar-refractivity contribution in [1.29, 1.82) is 0 Å². The monoisotopic (exact) mass is 779 g/mol. The number of benzene rings is 8. The summed E-state index contributed by atoms with van der Waals surface area (Å²) >= 11 is 0. The summed E-state index contributed by atoms with van der Waals surface area (Å²) in [6, 6.07) is 67.7. The predicted octanol–water partition coefficient (Wildman–Crippen LogP) is 14.4. The van der Waals surface area contributed by atoms with Gasteiger partial charge >= 0.3 is 0 Å². The van der Waals surface area contributed by atoms with E-state index in [-0.39, 0.29) is 18.1 Å². The van der Waals surface area contributed by atoms with Gasteiger partial charge in [0.1, 0.15) is 11.9 Å². The van der Waals surface area contributed by atoms with Crippen molar-refractivity contribution in [2.24, 2.45) is 0 Å². The molecule has 0 N–H and O–H groups in total. The average molecular weight is 780 g/mol. The zero-order valence-electron chi connectivity index (χ0n) is 33.6. The van der Waals surface area contributed by atoms with E-state index in [9.17, 15) is 0 Å². The Morgan fingerprint density at radius 2 is 1.18 bits per heavy atom. The fraction of sp³-hybridized carbons (Fsp3) is 0.0847. The van der Waals surface area contributed by atoms with E-state index in [1.165, 1.54) is 88.8 Å². The van der Waals surface area contributed by atoms with Crippen molar-refractivity contribution in [2.75, 3.05) is 4.90 Å². The molecule has 3 atom stereocenters. The van der Waals surface area contributed by atoms with Crippen molar-refractivity contribution in [3.05, 3.63) is 252 Å². The van der Waals surface area contributed by atoms with E-state index in [2.05, 4.69) is 223 Å². The summed E-state index contributed by atoms with van der Waals surface area (Å²) in [5.74, 6) is 1.17. The molecule has 0 radical (unpaired) electrons. The molecular formula is C59H41NO. The third kappa shape index (κ3) is 4.97. The molecule has 288 valence electrons. The minimum Gasteiger partial charge on any atom is -0.485 e. The lowest BCUT2D eigenvalue weighted by molar-refractivity contribution is 0.269. The Morgan fingerprint density at radius 1 is 0.525 bits per heavy atom. The van der Waals surface area contributed by atoms with E-state index >= 15 is 0 Å². The van der Waals surface area contributed by atoms with Gasteiger partial charge in [0.05, 0.1) is 11.5 Å². The highest BCUT2D eigenvalue weighted by Crippen LogP contribution is 2.64. The molecule has 2 heteroatoms. The van der Waals surface area contributed by atoms with Gasteiger partial charge in [-0.3, -0.25) is 0 Å².